The van der Waals surface area contributed by atoms with Crippen LogP contribution in [-0.4, -0.2) is 48.3 Å². The number of thiazole rings is 1. The molecule has 2 aromatic heterocycles. The Morgan fingerprint density at radius 3 is 2.61 bits per heavy atom. The molecule has 0 saturated carbocycles. The molecule has 0 unspecified atom stereocenters. The monoisotopic (exact) mass is 515 g/mol. The van der Waals surface area contributed by atoms with Crippen LogP contribution in [0, 0.1) is 0 Å². The number of hydrogen-bond donors (Lipinski definition) is 2. The van der Waals surface area contributed by atoms with Crippen molar-refractivity contribution in [3.05, 3.63) is 23.4 Å². The first kappa shape index (κ1) is 25.6. The van der Waals surface area contributed by atoms with Crippen molar-refractivity contribution in [3.8, 4) is 0 Å². The van der Waals surface area contributed by atoms with Crippen LogP contribution in [0.1, 0.15) is 0 Å². The molecule has 0 atom stereocenters. The van der Waals surface area contributed by atoms with Crippen molar-refractivity contribution in [2.45, 2.75) is 11.4 Å². The summed E-state index contributed by atoms with van der Waals surface area (Å²) in [4.78, 5) is 15.2. The van der Waals surface area contributed by atoms with Crippen LogP contribution in [-0.2, 0) is 31.5 Å². The predicted octanol–water partition coefficient (Wildman–Crippen LogP) is -1.87. The molecule has 0 fully saturated rings. The topological polar surface area (TPSA) is 202 Å². The number of carbonyl (C=O) groups excluding carboxylic acids is 1. The summed E-state index contributed by atoms with van der Waals surface area (Å²) < 4.78 is 58.9. The van der Waals surface area contributed by atoms with E-state index in [1.54, 1.807) is 4.72 Å². The number of rotatable bonds is 6. The third-order valence-corrected chi connectivity index (χ3v) is 6.20. The summed E-state index contributed by atoms with van der Waals surface area (Å²) in [6, 6.07) is 2.33. The first-order valence-electron chi connectivity index (χ1n) is 7.63. The van der Waals surface area contributed by atoms with Gasteiger partial charge in [0.1, 0.15) is 28.2 Å². The van der Waals surface area contributed by atoms with Gasteiger partial charge in [0.2, 0.25) is 15.2 Å². The molecule has 0 aliphatic rings. The van der Waals surface area contributed by atoms with Crippen molar-refractivity contribution >= 4 is 75.8 Å². The molecule has 31 heavy (non-hydrogen) atoms. The second-order valence-electron chi connectivity index (χ2n) is 5.77. The fourth-order valence-corrected chi connectivity index (χ4v) is 4.57. The van der Waals surface area contributed by atoms with Gasteiger partial charge in [-0.15, -0.1) is 10.2 Å². The smallest absolute Gasteiger partial charge is 0.744 e. The molecule has 1 amide bonds. The average Bonchev–Trinajstić information content (AvgIpc) is 3.13. The summed E-state index contributed by atoms with van der Waals surface area (Å²) in [7, 11) is -8.47. The number of anilines is 1. The number of carbonyl (C=O) groups is 1. The number of azo groups is 1. The molecule has 0 saturated heterocycles. The van der Waals surface area contributed by atoms with Crippen LogP contribution in [0.4, 0.5) is 16.6 Å². The fraction of sp³-hybridized carbons (Fsp3) is 0.154. The van der Waals surface area contributed by atoms with E-state index in [9.17, 15) is 26.2 Å². The van der Waals surface area contributed by atoms with Crippen molar-refractivity contribution in [2.75, 3.05) is 12.0 Å². The second-order valence-corrected chi connectivity index (χ2v) is 10.3. The van der Waals surface area contributed by atoms with Gasteiger partial charge in [-0.05, 0) is 12.1 Å². The Bertz CT molecular complexity index is 1400. The zero-order chi connectivity index (χ0) is 22.3. The minimum absolute atomic E-state index is 0. The number of nitrogens with one attached hydrogen (secondary N) is 1. The van der Waals surface area contributed by atoms with Gasteiger partial charge in [0.15, 0.2) is 0 Å². The third-order valence-electron chi connectivity index (χ3n) is 3.40. The Morgan fingerprint density at radius 2 is 2.00 bits per heavy atom. The molecule has 3 rings (SSSR count). The van der Waals surface area contributed by atoms with Crippen molar-refractivity contribution in [3.63, 3.8) is 0 Å². The van der Waals surface area contributed by atoms with Crippen molar-refractivity contribution in [1.29, 1.82) is 0 Å². The van der Waals surface area contributed by atoms with Crippen molar-refractivity contribution < 1.29 is 55.7 Å². The minimum atomic E-state index is -4.75. The Morgan fingerprint density at radius 1 is 1.32 bits per heavy atom. The van der Waals surface area contributed by atoms with Gasteiger partial charge in [-0.2, -0.15) is 5.10 Å². The van der Waals surface area contributed by atoms with Gasteiger partial charge < -0.3 is 10.3 Å². The number of halogens is 1. The molecule has 18 heteroatoms. The molecule has 1 aromatic carbocycles. The molecule has 13 nitrogen and oxygen atoms in total. The standard InChI is InChI=1S/C13H12ClN7O6S3.Na/c1-29(23,24)20-11(22)5-21-12(15)8(4-16-21)18-19-13-17-7-2-6(14)10(30(25,26)27)3-9(7)28-13;/h2-4H,5,15H2,1H3,(H,20,22)(H,25,26,27);/q;+1/p-1. The minimum Gasteiger partial charge on any atom is -0.744 e. The van der Waals surface area contributed by atoms with Crippen LogP contribution in [0.5, 0.6) is 0 Å². The third kappa shape index (κ3) is 6.42. The summed E-state index contributed by atoms with van der Waals surface area (Å²) in [5.41, 5.74) is 6.22. The number of aromatic nitrogens is 3. The summed E-state index contributed by atoms with van der Waals surface area (Å²) in [5.74, 6) is -0.894. The van der Waals surface area contributed by atoms with E-state index in [0.717, 1.165) is 28.3 Å². The summed E-state index contributed by atoms with van der Waals surface area (Å²) in [6.45, 7) is -0.458. The van der Waals surface area contributed by atoms with Gasteiger partial charge in [0, 0.05) is 0 Å². The van der Waals surface area contributed by atoms with E-state index in [0.29, 0.717) is 10.2 Å². The van der Waals surface area contributed by atoms with Gasteiger partial charge in [-0.1, -0.05) is 22.9 Å². The van der Waals surface area contributed by atoms with Gasteiger partial charge >= 0.3 is 29.6 Å². The average molecular weight is 516 g/mol. The van der Waals surface area contributed by atoms with Gasteiger partial charge in [0.05, 0.1) is 32.6 Å². The summed E-state index contributed by atoms with van der Waals surface area (Å²) >= 11 is 6.76. The Kier molecular flexibility index (Phi) is 7.81. The van der Waals surface area contributed by atoms with Crippen LogP contribution < -0.4 is 40.0 Å². The first-order valence-corrected chi connectivity index (χ1v) is 12.1. The molecule has 0 radical (unpaired) electrons. The first-order chi connectivity index (χ1) is 13.8. The van der Waals surface area contributed by atoms with Crippen molar-refractivity contribution in [1.82, 2.24) is 19.5 Å². The summed E-state index contributed by atoms with van der Waals surface area (Å²) in [5, 5.41) is 11.4. The maximum atomic E-state index is 11.6. The van der Waals surface area contributed by atoms with Crippen LogP contribution in [0.15, 0.2) is 33.5 Å². The normalized spacial score (nSPS) is 12.2. The van der Waals surface area contributed by atoms with Crippen molar-refractivity contribution in [2.24, 2.45) is 10.2 Å². The molecular weight excluding hydrogens is 505 g/mol. The molecule has 2 heterocycles. The van der Waals surface area contributed by atoms with E-state index in [4.69, 9.17) is 17.3 Å². The maximum Gasteiger partial charge on any atom is 1.00 e. The maximum absolute atomic E-state index is 11.6. The zero-order valence-electron chi connectivity index (χ0n) is 15.8. The molecule has 0 spiro atoms. The number of hydrogen-bond acceptors (Lipinski definition) is 12. The van der Waals surface area contributed by atoms with Gasteiger partial charge in [0.25, 0.3) is 5.91 Å². The second kappa shape index (κ2) is 9.45. The number of benzene rings is 1. The van der Waals surface area contributed by atoms with E-state index in [-0.39, 0.29) is 51.2 Å². The fourth-order valence-electron chi connectivity index (χ4n) is 2.21. The molecule has 0 aliphatic carbocycles. The van der Waals surface area contributed by atoms with E-state index >= 15 is 0 Å². The van der Waals surface area contributed by atoms with Crippen LogP contribution in [0.2, 0.25) is 5.02 Å². The number of amides is 1. The predicted molar refractivity (Wildman–Crippen MR) is 106 cm³/mol. The quantitative estimate of drug-likeness (QED) is 0.214. The molecular formula is C13H11ClN7NaO6S3. The van der Waals surface area contributed by atoms with Gasteiger partial charge in [-0.25, -0.2) is 26.5 Å². The number of fused-ring (bicyclic) bond motifs is 1. The number of nitrogen functional groups attached to an aromatic ring is 1. The molecule has 160 valence electrons. The largest absolute Gasteiger partial charge is 1.00 e. The molecule has 0 aliphatic heterocycles. The Balaban J connectivity index is 0.00000341. The molecule has 3 aromatic rings. The van der Waals surface area contributed by atoms with Crippen LogP contribution in [0.25, 0.3) is 10.2 Å². The number of sulfonamides is 1. The zero-order valence-corrected chi connectivity index (χ0v) is 21.0. The van der Waals surface area contributed by atoms with E-state index in [1.807, 2.05) is 0 Å². The Hall–Kier alpha value is -1.66. The Labute approximate surface area is 206 Å². The van der Waals surface area contributed by atoms with E-state index in [2.05, 4.69) is 20.3 Å². The molecule has 0 bridgehead atoms. The van der Waals surface area contributed by atoms with E-state index in [1.165, 1.54) is 12.3 Å². The number of nitrogens with zero attached hydrogens (tertiary/aromatic N) is 5. The SMILES string of the molecule is CS(=O)(=O)NC(=O)Cn1ncc(N=Nc2nc3cc(Cl)c(S(=O)(=O)[O-])cc3s2)c1N.[Na+]. The van der Waals surface area contributed by atoms with Gasteiger partial charge in [-0.3, -0.25) is 9.52 Å². The van der Waals surface area contributed by atoms with Crippen LogP contribution >= 0.6 is 22.9 Å². The van der Waals surface area contributed by atoms with Crippen LogP contribution in [0.3, 0.4) is 0 Å². The summed E-state index contributed by atoms with van der Waals surface area (Å²) in [6.07, 6.45) is 2.04. The molecule has 3 N–H and O–H groups in total. The number of nitrogens with two attached hydrogens (primary N) is 1. The van der Waals surface area contributed by atoms with E-state index < -0.39 is 37.5 Å².